The molecule has 2 nitrogen and oxygen atoms in total. The first-order valence-electron chi connectivity index (χ1n) is 6.24. The lowest BCUT2D eigenvalue weighted by atomic mass is 10.1. The molecule has 0 heterocycles. The molecule has 2 N–H and O–H groups in total. The standard InChI is InChI=1S/C13H26N2/c1-11(2)9-15(10-12(3)8-14)13-6-4-5-7-13/h11,13H,3-10,14H2,1-2H3. The smallest absolute Gasteiger partial charge is 0.0205 e. The van der Waals surface area contributed by atoms with Crippen LogP contribution in [-0.2, 0) is 0 Å². The number of rotatable bonds is 6. The van der Waals surface area contributed by atoms with E-state index < -0.39 is 0 Å². The lowest BCUT2D eigenvalue weighted by Crippen LogP contribution is -2.38. The zero-order chi connectivity index (χ0) is 11.3. The molecular formula is C13H26N2. The number of hydrogen-bond acceptors (Lipinski definition) is 2. The summed E-state index contributed by atoms with van der Waals surface area (Å²) in [6, 6.07) is 0.788. The normalized spacial score (nSPS) is 17.9. The van der Waals surface area contributed by atoms with Gasteiger partial charge in [-0.15, -0.1) is 0 Å². The number of hydrogen-bond donors (Lipinski definition) is 1. The van der Waals surface area contributed by atoms with Crippen molar-refractivity contribution in [2.75, 3.05) is 19.6 Å². The minimum absolute atomic E-state index is 0.626. The van der Waals surface area contributed by atoms with Gasteiger partial charge in [0.05, 0.1) is 0 Å². The van der Waals surface area contributed by atoms with Gasteiger partial charge in [0.25, 0.3) is 0 Å². The van der Waals surface area contributed by atoms with Crippen molar-refractivity contribution in [1.29, 1.82) is 0 Å². The van der Waals surface area contributed by atoms with Crippen molar-refractivity contribution in [3.05, 3.63) is 12.2 Å². The maximum Gasteiger partial charge on any atom is 0.0205 e. The topological polar surface area (TPSA) is 29.3 Å². The Bertz CT molecular complexity index is 193. The molecule has 1 aliphatic carbocycles. The molecule has 0 spiro atoms. The Hall–Kier alpha value is -0.340. The summed E-state index contributed by atoms with van der Waals surface area (Å²) in [6.45, 7) is 11.4. The van der Waals surface area contributed by atoms with Gasteiger partial charge in [-0.05, 0) is 24.3 Å². The second kappa shape index (κ2) is 6.29. The fourth-order valence-corrected chi connectivity index (χ4v) is 2.43. The van der Waals surface area contributed by atoms with Crippen LogP contribution in [0.15, 0.2) is 12.2 Å². The molecule has 0 aromatic heterocycles. The molecule has 0 aromatic rings. The molecule has 1 rings (SSSR count). The van der Waals surface area contributed by atoms with Gasteiger partial charge in [0.2, 0.25) is 0 Å². The Morgan fingerprint density at radius 3 is 2.47 bits per heavy atom. The van der Waals surface area contributed by atoms with Gasteiger partial charge in [-0.1, -0.05) is 33.3 Å². The molecule has 15 heavy (non-hydrogen) atoms. The Labute approximate surface area is 94.5 Å². The SMILES string of the molecule is C=C(CN)CN(CC(C)C)C1CCCC1. The van der Waals surface area contributed by atoms with Crippen LogP contribution in [0, 0.1) is 5.92 Å². The van der Waals surface area contributed by atoms with Crippen LogP contribution >= 0.6 is 0 Å². The van der Waals surface area contributed by atoms with Crippen molar-refractivity contribution >= 4 is 0 Å². The van der Waals surface area contributed by atoms with Gasteiger partial charge in [0, 0.05) is 25.7 Å². The minimum Gasteiger partial charge on any atom is -0.327 e. The van der Waals surface area contributed by atoms with Gasteiger partial charge in [0.1, 0.15) is 0 Å². The van der Waals surface area contributed by atoms with E-state index in [1.807, 2.05) is 0 Å². The maximum atomic E-state index is 5.62. The summed E-state index contributed by atoms with van der Waals surface area (Å²) in [5, 5.41) is 0. The molecule has 0 atom stereocenters. The third-order valence-corrected chi connectivity index (χ3v) is 3.16. The van der Waals surface area contributed by atoms with E-state index in [0.717, 1.165) is 18.5 Å². The van der Waals surface area contributed by atoms with Crippen molar-refractivity contribution in [2.24, 2.45) is 11.7 Å². The van der Waals surface area contributed by atoms with Crippen LogP contribution in [-0.4, -0.2) is 30.6 Å². The quantitative estimate of drug-likeness (QED) is 0.682. The van der Waals surface area contributed by atoms with Crippen LogP contribution in [0.4, 0.5) is 0 Å². The average molecular weight is 210 g/mol. The van der Waals surface area contributed by atoms with Gasteiger partial charge in [-0.25, -0.2) is 0 Å². The van der Waals surface area contributed by atoms with Crippen LogP contribution in [0.3, 0.4) is 0 Å². The first-order valence-corrected chi connectivity index (χ1v) is 6.24. The third kappa shape index (κ3) is 4.35. The lowest BCUT2D eigenvalue weighted by Gasteiger charge is -2.30. The summed E-state index contributed by atoms with van der Waals surface area (Å²) >= 11 is 0. The maximum absolute atomic E-state index is 5.62. The molecule has 1 fully saturated rings. The van der Waals surface area contributed by atoms with E-state index in [1.54, 1.807) is 0 Å². The van der Waals surface area contributed by atoms with E-state index in [0.29, 0.717) is 6.54 Å². The highest BCUT2D eigenvalue weighted by atomic mass is 15.2. The van der Waals surface area contributed by atoms with E-state index in [-0.39, 0.29) is 0 Å². The summed E-state index contributed by atoms with van der Waals surface area (Å²) in [7, 11) is 0. The highest BCUT2D eigenvalue weighted by molar-refractivity contribution is 5.00. The van der Waals surface area contributed by atoms with E-state index in [2.05, 4.69) is 25.3 Å². The van der Waals surface area contributed by atoms with E-state index >= 15 is 0 Å². The van der Waals surface area contributed by atoms with Crippen LogP contribution < -0.4 is 5.73 Å². The van der Waals surface area contributed by atoms with Crippen molar-refractivity contribution in [1.82, 2.24) is 4.90 Å². The Balaban J connectivity index is 2.47. The van der Waals surface area contributed by atoms with Crippen LogP contribution in [0.5, 0.6) is 0 Å². The molecule has 2 heteroatoms. The van der Waals surface area contributed by atoms with Gasteiger partial charge in [-0.3, -0.25) is 4.90 Å². The van der Waals surface area contributed by atoms with E-state index in [4.69, 9.17) is 5.73 Å². The fraction of sp³-hybridized carbons (Fsp3) is 0.846. The van der Waals surface area contributed by atoms with Gasteiger partial charge >= 0.3 is 0 Å². The molecule has 0 bridgehead atoms. The highest BCUT2D eigenvalue weighted by Crippen LogP contribution is 2.24. The molecule has 1 saturated carbocycles. The summed E-state index contributed by atoms with van der Waals surface area (Å²) in [5.74, 6) is 0.733. The average Bonchev–Trinajstić information content (AvgIpc) is 2.68. The molecule has 0 unspecified atom stereocenters. The Morgan fingerprint density at radius 1 is 1.40 bits per heavy atom. The minimum atomic E-state index is 0.626. The monoisotopic (exact) mass is 210 g/mol. The predicted octanol–water partition coefficient (Wildman–Crippen LogP) is 2.40. The second-order valence-corrected chi connectivity index (χ2v) is 5.22. The molecule has 0 saturated heterocycles. The summed E-state index contributed by atoms with van der Waals surface area (Å²) in [5.41, 5.74) is 6.79. The molecule has 0 amide bonds. The molecule has 1 aliphatic rings. The molecule has 0 aromatic carbocycles. The van der Waals surface area contributed by atoms with Crippen molar-refractivity contribution < 1.29 is 0 Å². The molecule has 88 valence electrons. The van der Waals surface area contributed by atoms with Crippen LogP contribution in [0.2, 0.25) is 0 Å². The van der Waals surface area contributed by atoms with Gasteiger partial charge < -0.3 is 5.73 Å². The zero-order valence-corrected chi connectivity index (χ0v) is 10.3. The first-order chi connectivity index (χ1) is 7.13. The van der Waals surface area contributed by atoms with Gasteiger partial charge in [0.15, 0.2) is 0 Å². The largest absolute Gasteiger partial charge is 0.327 e. The second-order valence-electron chi connectivity index (χ2n) is 5.22. The van der Waals surface area contributed by atoms with E-state index in [9.17, 15) is 0 Å². The first kappa shape index (κ1) is 12.7. The molecule has 0 aliphatic heterocycles. The fourth-order valence-electron chi connectivity index (χ4n) is 2.43. The number of nitrogens with two attached hydrogens (primary N) is 1. The summed E-state index contributed by atoms with van der Waals surface area (Å²) in [6.07, 6.45) is 5.53. The van der Waals surface area contributed by atoms with Gasteiger partial charge in [-0.2, -0.15) is 0 Å². The van der Waals surface area contributed by atoms with Crippen molar-refractivity contribution in [3.8, 4) is 0 Å². The summed E-state index contributed by atoms with van der Waals surface area (Å²) < 4.78 is 0. The number of nitrogens with zero attached hydrogens (tertiary/aromatic N) is 1. The van der Waals surface area contributed by atoms with Crippen molar-refractivity contribution in [3.63, 3.8) is 0 Å². The molecular weight excluding hydrogens is 184 g/mol. The summed E-state index contributed by atoms with van der Waals surface area (Å²) in [4.78, 5) is 2.59. The van der Waals surface area contributed by atoms with Crippen LogP contribution in [0.25, 0.3) is 0 Å². The zero-order valence-electron chi connectivity index (χ0n) is 10.3. The molecule has 0 radical (unpaired) electrons. The predicted molar refractivity (Wildman–Crippen MR) is 66.9 cm³/mol. The Morgan fingerprint density at radius 2 is 2.00 bits per heavy atom. The van der Waals surface area contributed by atoms with E-state index in [1.165, 1.54) is 37.8 Å². The Kier molecular flexibility index (Phi) is 5.34. The lowest BCUT2D eigenvalue weighted by molar-refractivity contribution is 0.192. The third-order valence-electron chi connectivity index (χ3n) is 3.16. The van der Waals surface area contributed by atoms with Crippen LogP contribution in [0.1, 0.15) is 39.5 Å². The highest BCUT2D eigenvalue weighted by Gasteiger charge is 2.22. The van der Waals surface area contributed by atoms with Crippen molar-refractivity contribution in [2.45, 2.75) is 45.6 Å².